The van der Waals surface area contributed by atoms with E-state index >= 15 is 0 Å². The maximum absolute atomic E-state index is 10.6. The van der Waals surface area contributed by atoms with Crippen LogP contribution in [0.15, 0.2) is 72.8 Å². The lowest BCUT2D eigenvalue weighted by Crippen LogP contribution is -2.11. The molecule has 0 unspecified atom stereocenters. The van der Waals surface area contributed by atoms with Gasteiger partial charge in [-0.05, 0) is 83.3 Å². The van der Waals surface area contributed by atoms with Crippen molar-refractivity contribution in [1.82, 2.24) is 28.1 Å². The Labute approximate surface area is 266 Å². The molecule has 0 fully saturated rings. The molecule has 0 amide bonds. The van der Waals surface area contributed by atoms with Gasteiger partial charge in [0.15, 0.2) is 0 Å². The smallest absolute Gasteiger partial charge is 0.143 e. The molecule has 0 radical (unpaired) electrons. The molecule has 46 heavy (non-hydrogen) atoms. The molecular formula is C36H40N6O4. The van der Waals surface area contributed by atoms with E-state index in [0.29, 0.717) is 13.2 Å². The quantitative estimate of drug-likeness (QED) is 0.165. The number of hydrogen-bond acceptors (Lipinski definition) is 4. The van der Waals surface area contributed by atoms with Crippen LogP contribution in [0.3, 0.4) is 0 Å². The fourth-order valence-electron chi connectivity index (χ4n) is 6.12. The highest BCUT2D eigenvalue weighted by Gasteiger charge is 2.29. The molecule has 4 aromatic carbocycles. The van der Waals surface area contributed by atoms with Crippen LogP contribution in [0.25, 0.3) is 33.4 Å². The third kappa shape index (κ3) is 4.46. The third-order valence-electron chi connectivity index (χ3n) is 8.96. The number of benzene rings is 4. The van der Waals surface area contributed by atoms with Crippen molar-refractivity contribution in [2.24, 2.45) is 0 Å². The SMILES string of the molecule is CC(C)(C)c1ccc(O)c(-n2n3c4ccc(OCCCCOc5ccc6c(c5)n5n(-c7cc(C(C)(C)C)ccc7O)n65)cc4n23)c1. The van der Waals surface area contributed by atoms with Crippen LogP contribution in [0, 0.1) is 0 Å². The van der Waals surface area contributed by atoms with Crippen LogP contribution < -0.4 is 9.47 Å². The Morgan fingerprint density at radius 2 is 0.891 bits per heavy atom. The Hall–Kier alpha value is -5.12. The van der Waals surface area contributed by atoms with E-state index in [2.05, 4.69) is 65.8 Å². The molecule has 0 atom stereocenters. The summed E-state index contributed by atoms with van der Waals surface area (Å²) < 4.78 is 20.3. The van der Waals surface area contributed by atoms with Crippen molar-refractivity contribution >= 4 is 22.1 Å². The highest BCUT2D eigenvalue weighted by atomic mass is 16.5. The van der Waals surface area contributed by atoms with Gasteiger partial charge in [-0.3, -0.25) is 0 Å². The molecule has 2 N–H and O–H groups in total. The highest BCUT2D eigenvalue weighted by Crippen LogP contribution is 2.37. The number of rotatable bonds is 9. The largest absolute Gasteiger partial charge is 0.506 e. The molecule has 8 aromatic rings. The Kier molecular flexibility index (Phi) is 5.97. The predicted molar refractivity (Wildman–Crippen MR) is 179 cm³/mol. The van der Waals surface area contributed by atoms with Gasteiger partial charge in [-0.2, -0.15) is 0 Å². The van der Waals surface area contributed by atoms with Crippen LogP contribution in [-0.4, -0.2) is 51.5 Å². The first-order valence-corrected chi connectivity index (χ1v) is 15.9. The van der Waals surface area contributed by atoms with Gasteiger partial charge in [-0.15, -0.1) is 28.1 Å². The average Bonchev–Trinajstić information content (AvgIpc) is 3.86. The number of nitrogens with zero attached hydrogens (tertiary/aromatic N) is 6. The molecular weight excluding hydrogens is 580 g/mol. The molecule has 10 heteroatoms. The number of fused-ring (bicyclic) bond motifs is 8. The van der Waals surface area contributed by atoms with Gasteiger partial charge in [0.05, 0.1) is 13.2 Å². The summed E-state index contributed by atoms with van der Waals surface area (Å²) >= 11 is 0. The first kappa shape index (κ1) is 28.4. The molecule has 0 spiro atoms. The molecule has 0 saturated carbocycles. The summed E-state index contributed by atoms with van der Waals surface area (Å²) in [7, 11) is 0. The number of hydrogen-bond donors (Lipinski definition) is 2. The summed E-state index contributed by atoms with van der Waals surface area (Å²) in [5.74, 6) is 2.17. The van der Waals surface area contributed by atoms with Gasteiger partial charge in [0, 0.05) is 12.1 Å². The maximum atomic E-state index is 10.6. The lowest BCUT2D eigenvalue weighted by atomic mass is 9.87. The molecule has 238 valence electrons. The van der Waals surface area contributed by atoms with Crippen molar-refractivity contribution in [3.05, 3.63) is 83.9 Å². The summed E-state index contributed by atoms with van der Waals surface area (Å²) in [6.45, 7) is 14.2. The highest BCUT2D eigenvalue weighted by molar-refractivity contribution is 5.82. The van der Waals surface area contributed by atoms with Gasteiger partial charge in [-0.1, -0.05) is 53.7 Å². The summed E-state index contributed by atoms with van der Waals surface area (Å²) in [6, 6.07) is 23.8. The lowest BCUT2D eigenvalue weighted by molar-refractivity contribution is 0.266. The molecule has 4 heterocycles. The Balaban J connectivity index is 0.863. The number of phenols is 2. The van der Waals surface area contributed by atoms with Crippen molar-refractivity contribution in [1.29, 1.82) is 0 Å². The second kappa shape index (κ2) is 9.69. The average molecular weight is 621 g/mol. The molecule has 8 rings (SSSR count). The summed E-state index contributed by atoms with van der Waals surface area (Å²) in [6.07, 6.45) is 1.74. The number of phenolic OH excluding ortho intramolecular Hbond substituents is 2. The van der Waals surface area contributed by atoms with E-state index in [9.17, 15) is 10.2 Å². The van der Waals surface area contributed by atoms with Crippen LogP contribution in [-0.2, 0) is 10.8 Å². The summed E-state index contributed by atoms with van der Waals surface area (Å²) in [5, 5.41) is 21.1. The third-order valence-corrected chi connectivity index (χ3v) is 8.96. The van der Waals surface area contributed by atoms with Crippen molar-refractivity contribution in [2.45, 2.75) is 65.2 Å². The van der Waals surface area contributed by atoms with E-state index < -0.39 is 0 Å². The zero-order valence-electron chi connectivity index (χ0n) is 27.2. The number of unbranched alkanes of at least 4 members (excludes halogenated alkanes) is 1. The molecule has 0 aliphatic rings. The number of ether oxygens (including phenoxy) is 2. The van der Waals surface area contributed by atoms with Crippen molar-refractivity contribution < 1.29 is 19.7 Å². The van der Waals surface area contributed by atoms with Crippen LogP contribution in [0.5, 0.6) is 23.0 Å². The van der Waals surface area contributed by atoms with Gasteiger partial charge < -0.3 is 19.7 Å². The number of aromatic hydroxyl groups is 2. The lowest BCUT2D eigenvalue weighted by Gasteiger charge is -2.19. The molecule has 0 saturated heterocycles. The number of aromatic nitrogens is 6. The van der Waals surface area contributed by atoms with Gasteiger partial charge in [0.25, 0.3) is 0 Å². The molecule has 0 bridgehead atoms. The zero-order valence-corrected chi connectivity index (χ0v) is 27.2. The van der Waals surface area contributed by atoms with E-state index in [1.54, 1.807) is 12.1 Å². The van der Waals surface area contributed by atoms with Crippen LogP contribution in [0.2, 0.25) is 0 Å². The fourth-order valence-corrected chi connectivity index (χ4v) is 6.12. The van der Waals surface area contributed by atoms with E-state index in [0.717, 1.165) is 57.8 Å². The zero-order chi connectivity index (χ0) is 32.1. The topological polar surface area (TPSA) is 86.4 Å². The van der Waals surface area contributed by atoms with Gasteiger partial charge in [-0.25, -0.2) is 0 Å². The van der Waals surface area contributed by atoms with E-state index in [1.165, 1.54) is 11.1 Å². The Morgan fingerprint density at radius 3 is 1.28 bits per heavy atom. The van der Waals surface area contributed by atoms with E-state index in [1.807, 2.05) is 64.5 Å². The minimum Gasteiger partial charge on any atom is -0.506 e. The fraction of sp³-hybridized carbons (Fsp3) is 0.333. The molecule has 0 aliphatic carbocycles. The normalized spacial score (nSPS) is 13.1. The first-order chi connectivity index (χ1) is 21.9. The molecule has 0 aliphatic heterocycles. The first-order valence-electron chi connectivity index (χ1n) is 15.9. The van der Waals surface area contributed by atoms with Crippen molar-refractivity contribution in [3.8, 4) is 34.4 Å². The summed E-state index contributed by atoms with van der Waals surface area (Å²) in [4.78, 5) is 3.97. The maximum Gasteiger partial charge on any atom is 0.143 e. The van der Waals surface area contributed by atoms with Crippen molar-refractivity contribution in [2.75, 3.05) is 13.2 Å². The second-order valence-electron chi connectivity index (χ2n) is 14.3. The van der Waals surface area contributed by atoms with Crippen LogP contribution in [0.1, 0.15) is 65.5 Å². The molecule has 10 nitrogen and oxygen atoms in total. The van der Waals surface area contributed by atoms with Crippen LogP contribution >= 0.6 is 0 Å². The van der Waals surface area contributed by atoms with Gasteiger partial charge in [0.2, 0.25) is 0 Å². The second-order valence-corrected chi connectivity index (χ2v) is 14.3. The predicted octanol–water partition coefficient (Wildman–Crippen LogP) is 7.40. The Morgan fingerprint density at radius 1 is 0.500 bits per heavy atom. The minimum atomic E-state index is -0.00727. The molecule has 4 aromatic heterocycles. The van der Waals surface area contributed by atoms with Crippen molar-refractivity contribution in [3.63, 3.8) is 0 Å². The van der Waals surface area contributed by atoms with Gasteiger partial charge in [0.1, 0.15) is 56.4 Å². The monoisotopic (exact) mass is 620 g/mol. The van der Waals surface area contributed by atoms with E-state index in [-0.39, 0.29) is 22.3 Å². The van der Waals surface area contributed by atoms with Crippen LogP contribution in [0.4, 0.5) is 0 Å². The minimum absolute atomic E-state index is 0.00727. The standard InChI is InChI=1S/C36H40N6O4/c1-35(2,3)23-9-15-33(43)31(19-23)41-37-27-13-11-25(21-29(27)39(37)41)45-17-7-8-18-46-26-12-14-28-30(22-26)40-38(28)42(40)32-20-24(36(4,5)6)10-16-34(32)44/h9-16,19-22,43-44H,7-8,17-18H2,1-6H3. The Bertz CT molecular complexity index is 2160. The van der Waals surface area contributed by atoms with E-state index in [4.69, 9.17) is 9.47 Å². The summed E-state index contributed by atoms with van der Waals surface area (Å²) in [5.41, 5.74) is 8.16. The van der Waals surface area contributed by atoms with Gasteiger partial charge >= 0.3 is 0 Å².